The van der Waals surface area contributed by atoms with Crippen LogP contribution in [0.2, 0.25) is 0 Å². The number of hydrogen-bond donors (Lipinski definition) is 2. The molecule has 0 aromatic heterocycles. The van der Waals surface area contributed by atoms with Crippen molar-refractivity contribution in [2.45, 2.75) is 31.9 Å². The van der Waals surface area contributed by atoms with Crippen molar-refractivity contribution in [3.05, 3.63) is 95.6 Å². The lowest BCUT2D eigenvalue weighted by atomic mass is 9.93. The highest BCUT2D eigenvalue weighted by Crippen LogP contribution is 2.26. The van der Waals surface area contributed by atoms with Crippen molar-refractivity contribution < 1.29 is 0 Å². The van der Waals surface area contributed by atoms with Gasteiger partial charge in [-0.15, -0.1) is 0 Å². The molecule has 2 heteroatoms. The molecule has 0 aliphatic heterocycles. The monoisotopic (exact) mass is 361 g/mol. The van der Waals surface area contributed by atoms with Gasteiger partial charge in [0.2, 0.25) is 0 Å². The number of thiol groups is 1. The molecule has 0 atom stereocenters. The first-order valence-electron chi connectivity index (χ1n) is 8.82. The van der Waals surface area contributed by atoms with Crippen LogP contribution in [-0.2, 0) is 6.42 Å². The summed E-state index contributed by atoms with van der Waals surface area (Å²) in [6.45, 7) is 6.16. The zero-order chi connectivity index (χ0) is 19.0. The maximum atomic E-state index is 7.47. The van der Waals surface area contributed by atoms with Crippen LogP contribution in [0.3, 0.4) is 0 Å². The first-order valence-corrected chi connectivity index (χ1v) is 9.26. The second-order valence-corrected chi connectivity index (χ2v) is 8.60. The lowest BCUT2D eigenvalue weighted by Crippen LogP contribution is -1.99. The Balaban J connectivity index is 0.000000431. The average molecular weight is 362 g/mol. The molecule has 0 bridgehead atoms. The highest BCUT2D eigenvalue weighted by atomic mass is 32.1. The molecule has 0 saturated carbocycles. The number of benzene rings is 3. The van der Waals surface area contributed by atoms with Crippen LogP contribution in [0.4, 0.5) is 0 Å². The molecule has 1 nitrogen and oxygen atoms in total. The van der Waals surface area contributed by atoms with Crippen molar-refractivity contribution in [1.29, 1.82) is 5.41 Å². The number of nitrogens with one attached hydrogen (secondary N) is 1. The van der Waals surface area contributed by atoms with Gasteiger partial charge in [-0.25, -0.2) is 0 Å². The van der Waals surface area contributed by atoms with Crippen molar-refractivity contribution in [3.63, 3.8) is 0 Å². The first kappa shape index (κ1) is 20.0. The third-order valence-electron chi connectivity index (χ3n) is 3.62. The molecule has 0 amide bonds. The van der Waals surface area contributed by atoms with Gasteiger partial charge >= 0.3 is 0 Å². The van der Waals surface area contributed by atoms with Gasteiger partial charge in [-0.2, -0.15) is 12.6 Å². The minimum atomic E-state index is 0.194. The zero-order valence-electron chi connectivity index (χ0n) is 15.7. The molecule has 0 radical (unpaired) electrons. The van der Waals surface area contributed by atoms with Gasteiger partial charge in [0.1, 0.15) is 0 Å². The highest BCUT2D eigenvalue weighted by molar-refractivity contribution is 7.81. The van der Waals surface area contributed by atoms with Crippen LogP contribution in [0.5, 0.6) is 0 Å². The van der Waals surface area contributed by atoms with Crippen LogP contribution in [0.25, 0.3) is 11.1 Å². The molecule has 134 valence electrons. The quantitative estimate of drug-likeness (QED) is 0.384. The van der Waals surface area contributed by atoms with Gasteiger partial charge in [0.15, 0.2) is 0 Å². The second kappa shape index (κ2) is 9.40. The van der Waals surface area contributed by atoms with Crippen molar-refractivity contribution in [2.75, 3.05) is 0 Å². The van der Waals surface area contributed by atoms with Gasteiger partial charge in [-0.3, -0.25) is 0 Å². The standard InChI is InChI=1S/C20H17N.C4H10S/c21-15-17-11-12-19(13-16-7-3-1-4-8-16)20(14-17)18-9-5-2-6-10-18;1-4(2,3)5/h1-12,14-15,21H,13H2;5H,1-3H3. The summed E-state index contributed by atoms with van der Waals surface area (Å²) < 4.78 is 0.194. The van der Waals surface area contributed by atoms with Gasteiger partial charge in [-0.05, 0) is 40.3 Å². The van der Waals surface area contributed by atoms with Crippen molar-refractivity contribution >= 4 is 18.8 Å². The Bertz CT molecular complexity index is 812. The minimum Gasteiger partial charge on any atom is -0.308 e. The van der Waals surface area contributed by atoms with Crippen LogP contribution < -0.4 is 0 Å². The van der Waals surface area contributed by atoms with E-state index in [4.69, 9.17) is 5.41 Å². The largest absolute Gasteiger partial charge is 0.308 e. The smallest absolute Gasteiger partial charge is 0.0250 e. The van der Waals surface area contributed by atoms with Crippen LogP contribution >= 0.6 is 12.6 Å². The summed E-state index contributed by atoms with van der Waals surface area (Å²) in [4.78, 5) is 0. The van der Waals surface area contributed by atoms with Crippen molar-refractivity contribution in [2.24, 2.45) is 0 Å². The summed E-state index contributed by atoms with van der Waals surface area (Å²) in [7, 11) is 0. The Hall–Kier alpha value is -2.32. The van der Waals surface area contributed by atoms with E-state index in [1.165, 1.54) is 28.5 Å². The van der Waals surface area contributed by atoms with E-state index in [9.17, 15) is 0 Å². The molecule has 3 aromatic rings. The molecule has 1 N–H and O–H groups in total. The van der Waals surface area contributed by atoms with Crippen LogP contribution in [-0.4, -0.2) is 11.0 Å². The maximum absolute atomic E-state index is 7.47. The normalized spacial score (nSPS) is 10.6. The Morgan fingerprint density at radius 1 is 0.846 bits per heavy atom. The Morgan fingerprint density at radius 3 is 1.92 bits per heavy atom. The highest BCUT2D eigenvalue weighted by Gasteiger charge is 2.06. The minimum absolute atomic E-state index is 0.194. The van der Waals surface area contributed by atoms with E-state index in [-0.39, 0.29) is 4.75 Å². The molecule has 0 aliphatic carbocycles. The fourth-order valence-electron chi connectivity index (χ4n) is 2.54. The van der Waals surface area contributed by atoms with E-state index in [0.29, 0.717) is 0 Å². The van der Waals surface area contributed by atoms with Crippen LogP contribution in [0.1, 0.15) is 37.5 Å². The summed E-state index contributed by atoms with van der Waals surface area (Å²) in [6.07, 6.45) is 2.31. The zero-order valence-corrected chi connectivity index (χ0v) is 16.6. The molecule has 0 spiro atoms. The lowest BCUT2D eigenvalue weighted by molar-refractivity contribution is 0.812. The van der Waals surface area contributed by atoms with E-state index in [2.05, 4.69) is 94.1 Å². The van der Waals surface area contributed by atoms with E-state index in [1.807, 2.05) is 18.2 Å². The molecule has 26 heavy (non-hydrogen) atoms. The van der Waals surface area contributed by atoms with Gasteiger partial charge < -0.3 is 5.41 Å². The number of hydrogen-bond acceptors (Lipinski definition) is 2. The first-order chi connectivity index (χ1) is 12.4. The molecule has 0 saturated heterocycles. The topological polar surface area (TPSA) is 23.9 Å². The molecule has 3 rings (SSSR count). The molecule has 0 heterocycles. The third-order valence-corrected chi connectivity index (χ3v) is 3.62. The predicted octanol–water partition coefficient (Wildman–Crippen LogP) is 6.66. The van der Waals surface area contributed by atoms with E-state index in [0.717, 1.165) is 12.0 Å². The Kier molecular flexibility index (Phi) is 7.23. The van der Waals surface area contributed by atoms with Gasteiger partial charge in [0.25, 0.3) is 0 Å². The summed E-state index contributed by atoms with van der Waals surface area (Å²) in [6, 6.07) is 27.1. The van der Waals surface area contributed by atoms with Crippen LogP contribution in [0.15, 0.2) is 78.9 Å². The van der Waals surface area contributed by atoms with Crippen LogP contribution in [0, 0.1) is 5.41 Å². The SMILES string of the molecule is CC(C)(C)S.N=Cc1ccc(Cc2ccccc2)c(-c2ccccc2)c1. The second-order valence-electron chi connectivity index (χ2n) is 7.26. The molecule has 3 aromatic carbocycles. The van der Waals surface area contributed by atoms with Crippen molar-refractivity contribution in [3.8, 4) is 11.1 Å². The Labute approximate surface area is 163 Å². The summed E-state index contributed by atoms with van der Waals surface area (Å²) >= 11 is 4.12. The Morgan fingerprint density at radius 2 is 1.38 bits per heavy atom. The summed E-state index contributed by atoms with van der Waals surface area (Å²) in [5.74, 6) is 0. The van der Waals surface area contributed by atoms with E-state index < -0.39 is 0 Å². The third kappa shape index (κ3) is 6.89. The van der Waals surface area contributed by atoms with Gasteiger partial charge in [-0.1, -0.05) is 93.6 Å². The van der Waals surface area contributed by atoms with Crippen molar-refractivity contribution in [1.82, 2.24) is 0 Å². The number of rotatable bonds is 4. The summed E-state index contributed by atoms with van der Waals surface area (Å²) in [5, 5.41) is 7.47. The molecule has 0 fully saturated rings. The molecule has 0 aliphatic rings. The van der Waals surface area contributed by atoms with Gasteiger partial charge in [0, 0.05) is 11.0 Å². The fraction of sp³-hybridized carbons (Fsp3) is 0.208. The molecular formula is C24H27NS. The van der Waals surface area contributed by atoms with E-state index in [1.54, 1.807) is 0 Å². The lowest BCUT2D eigenvalue weighted by Gasteiger charge is -2.11. The predicted molar refractivity (Wildman–Crippen MR) is 118 cm³/mol. The molecular weight excluding hydrogens is 334 g/mol. The van der Waals surface area contributed by atoms with E-state index >= 15 is 0 Å². The van der Waals surface area contributed by atoms with Gasteiger partial charge in [0.05, 0.1) is 0 Å². The maximum Gasteiger partial charge on any atom is 0.0250 e. The average Bonchev–Trinajstić information content (AvgIpc) is 2.62. The molecule has 0 unspecified atom stereocenters. The summed E-state index contributed by atoms with van der Waals surface area (Å²) in [5.41, 5.74) is 5.94. The fourth-order valence-corrected chi connectivity index (χ4v) is 2.54.